The Morgan fingerprint density at radius 1 is 1.28 bits per heavy atom. The van der Waals surface area contributed by atoms with Crippen molar-refractivity contribution in [3.05, 3.63) is 0 Å². The van der Waals surface area contributed by atoms with Crippen molar-refractivity contribution in [3.63, 3.8) is 0 Å². The molecular weight excluding hydrogens is 224 g/mol. The lowest BCUT2D eigenvalue weighted by atomic mass is 9.92. The Morgan fingerprint density at radius 2 is 1.94 bits per heavy atom. The van der Waals surface area contributed by atoms with Gasteiger partial charge in [0.2, 0.25) is 0 Å². The third-order valence-electron chi connectivity index (χ3n) is 4.61. The molecule has 1 N–H and O–H groups in total. The van der Waals surface area contributed by atoms with Crippen LogP contribution in [0.25, 0.3) is 0 Å². The number of hydrogen-bond acceptors (Lipinski definition) is 3. The van der Waals surface area contributed by atoms with Crippen molar-refractivity contribution in [2.24, 2.45) is 0 Å². The first-order valence-electron chi connectivity index (χ1n) is 7.49. The number of hydrogen-bond donors (Lipinski definition) is 1. The molecule has 1 fully saturated rings. The molecule has 0 bridgehead atoms. The minimum absolute atomic E-state index is 0.000816. The van der Waals surface area contributed by atoms with Gasteiger partial charge in [0.1, 0.15) is 0 Å². The molecule has 1 aliphatic rings. The molecule has 108 valence electrons. The van der Waals surface area contributed by atoms with Crippen molar-refractivity contribution in [1.29, 1.82) is 0 Å². The normalized spacial score (nSPS) is 21.8. The Labute approximate surface area is 113 Å². The first-order valence-corrected chi connectivity index (χ1v) is 7.49. The SMILES string of the molecule is CCC1(CC)CN(CCC(C)(C)OC)CCCN1. The van der Waals surface area contributed by atoms with Crippen LogP contribution in [0.3, 0.4) is 0 Å². The van der Waals surface area contributed by atoms with Gasteiger partial charge in [0.05, 0.1) is 5.60 Å². The summed E-state index contributed by atoms with van der Waals surface area (Å²) in [5, 5.41) is 3.76. The summed E-state index contributed by atoms with van der Waals surface area (Å²) in [6.07, 6.45) is 4.80. The van der Waals surface area contributed by atoms with Gasteiger partial charge in [-0.25, -0.2) is 0 Å². The molecule has 0 unspecified atom stereocenters. The molecule has 0 atom stereocenters. The molecule has 0 spiro atoms. The maximum Gasteiger partial charge on any atom is 0.0634 e. The fourth-order valence-electron chi connectivity index (χ4n) is 2.66. The maximum absolute atomic E-state index is 5.52. The van der Waals surface area contributed by atoms with Crippen LogP contribution in [0.2, 0.25) is 0 Å². The third-order valence-corrected chi connectivity index (χ3v) is 4.61. The average Bonchev–Trinajstić information content (AvgIpc) is 2.59. The van der Waals surface area contributed by atoms with Crippen molar-refractivity contribution in [2.75, 3.05) is 33.3 Å². The summed E-state index contributed by atoms with van der Waals surface area (Å²) < 4.78 is 5.52. The first kappa shape index (κ1) is 15.9. The molecule has 0 aromatic heterocycles. The summed E-state index contributed by atoms with van der Waals surface area (Å²) in [7, 11) is 1.81. The number of ether oxygens (including phenoxy) is 1. The molecule has 0 aliphatic carbocycles. The van der Waals surface area contributed by atoms with Crippen molar-refractivity contribution in [2.45, 2.75) is 64.5 Å². The summed E-state index contributed by atoms with van der Waals surface area (Å²) in [4.78, 5) is 2.62. The van der Waals surface area contributed by atoms with Crippen molar-refractivity contribution < 1.29 is 4.74 Å². The first-order chi connectivity index (χ1) is 8.47. The highest BCUT2D eigenvalue weighted by atomic mass is 16.5. The second kappa shape index (κ2) is 6.88. The van der Waals surface area contributed by atoms with E-state index in [1.807, 2.05) is 7.11 Å². The number of methoxy groups -OCH3 is 1. The molecule has 0 saturated carbocycles. The summed E-state index contributed by atoms with van der Waals surface area (Å²) in [5.41, 5.74) is 0.328. The zero-order valence-corrected chi connectivity index (χ0v) is 13.0. The zero-order chi connectivity index (χ0) is 13.6. The topological polar surface area (TPSA) is 24.5 Å². The Morgan fingerprint density at radius 3 is 2.50 bits per heavy atom. The van der Waals surface area contributed by atoms with E-state index in [0.29, 0.717) is 5.54 Å². The van der Waals surface area contributed by atoms with Gasteiger partial charge in [-0.3, -0.25) is 0 Å². The molecule has 0 amide bonds. The Hall–Kier alpha value is -0.120. The predicted molar refractivity (Wildman–Crippen MR) is 78.1 cm³/mol. The molecule has 1 aliphatic heterocycles. The highest BCUT2D eigenvalue weighted by Crippen LogP contribution is 2.21. The van der Waals surface area contributed by atoms with Crippen LogP contribution >= 0.6 is 0 Å². The average molecular weight is 256 g/mol. The van der Waals surface area contributed by atoms with E-state index < -0.39 is 0 Å². The highest BCUT2D eigenvalue weighted by Gasteiger charge is 2.30. The van der Waals surface area contributed by atoms with E-state index >= 15 is 0 Å². The van der Waals surface area contributed by atoms with Gasteiger partial charge in [0.25, 0.3) is 0 Å². The van der Waals surface area contributed by atoms with Crippen LogP contribution in [-0.2, 0) is 4.74 Å². The zero-order valence-electron chi connectivity index (χ0n) is 13.0. The van der Waals surface area contributed by atoms with E-state index in [1.165, 1.54) is 32.4 Å². The lowest BCUT2D eigenvalue weighted by Gasteiger charge is -2.36. The predicted octanol–water partition coefficient (Wildman–Crippen LogP) is 2.66. The van der Waals surface area contributed by atoms with Crippen molar-refractivity contribution in [3.8, 4) is 0 Å². The summed E-state index contributed by atoms with van der Waals surface area (Å²) in [6, 6.07) is 0. The fourth-order valence-corrected chi connectivity index (χ4v) is 2.66. The van der Waals surface area contributed by atoms with Gasteiger partial charge in [-0.1, -0.05) is 13.8 Å². The second-order valence-corrected chi connectivity index (χ2v) is 6.26. The van der Waals surface area contributed by atoms with Gasteiger partial charge in [0, 0.05) is 25.7 Å². The molecule has 1 saturated heterocycles. The maximum atomic E-state index is 5.52. The number of rotatable bonds is 6. The lowest BCUT2D eigenvalue weighted by Crippen LogP contribution is -2.51. The second-order valence-electron chi connectivity index (χ2n) is 6.26. The minimum Gasteiger partial charge on any atom is -0.379 e. The largest absolute Gasteiger partial charge is 0.379 e. The van der Waals surface area contributed by atoms with Gasteiger partial charge in [0.15, 0.2) is 0 Å². The lowest BCUT2D eigenvalue weighted by molar-refractivity contribution is 0.00601. The van der Waals surface area contributed by atoms with Gasteiger partial charge in [-0.05, 0) is 52.6 Å². The highest BCUT2D eigenvalue weighted by molar-refractivity contribution is 4.91. The Kier molecular flexibility index (Phi) is 6.09. The fraction of sp³-hybridized carbons (Fsp3) is 1.00. The number of nitrogens with zero attached hydrogens (tertiary/aromatic N) is 1. The monoisotopic (exact) mass is 256 g/mol. The molecule has 0 aromatic rings. The molecule has 3 heteroatoms. The van der Waals surface area contributed by atoms with Crippen LogP contribution in [0.1, 0.15) is 53.4 Å². The van der Waals surface area contributed by atoms with Gasteiger partial charge in [-0.15, -0.1) is 0 Å². The smallest absolute Gasteiger partial charge is 0.0634 e. The van der Waals surface area contributed by atoms with E-state index in [9.17, 15) is 0 Å². The molecule has 0 radical (unpaired) electrons. The quantitative estimate of drug-likeness (QED) is 0.791. The van der Waals surface area contributed by atoms with Crippen molar-refractivity contribution >= 4 is 0 Å². The summed E-state index contributed by atoms with van der Waals surface area (Å²) in [6.45, 7) is 13.7. The molecule has 1 heterocycles. The van der Waals surface area contributed by atoms with E-state index in [-0.39, 0.29) is 5.60 Å². The van der Waals surface area contributed by atoms with Gasteiger partial charge in [-0.2, -0.15) is 0 Å². The number of nitrogens with one attached hydrogen (secondary N) is 1. The van der Waals surface area contributed by atoms with E-state index in [0.717, 1.165) is 19.5 Å². The van der Waals surface area contributed by atoms with E-state index in [2.05, 4.69) is 37.9 Å². The summed E-state index contributed by atoms with van der Waals surface area (Å²) >= 11 is 0. The molecule has 18 heavy (non-hydrogen) atoms. The Bertz CT molecular complexity index is 237. The van der Waals surface area contributed by atoms with Crippen LogP contribution in [0.15, 0.2) is 0 Å². The third kappa shape index (κ3) is 4.52. The van der Waals surface area contributed by atoms with Crippen LogP contribution < -0.4 is 5.32 Å². The molecule has 1 rings (SSSR count). The van der Waals surface area contributed by atoms with Crippen LogP contribution in [0.5, 0.6) is 0 Å². The molecular formula is C15H32N2O. The van der Waals surface area contributed by atoms with Crippen LogP contribution in [0.4, 0.5) is 0 Å². The standard InChI is InChI=1S/C15H32N2O/c1-6-15(7-2)13-17(11-8-10-16-15)12-9-14(3,4)18-5/h16H,6-13H2,1-5H3. The summed E-state index contributed by atoms with van der Waals surface area (Å²) in [5.74, 6) is 0. The van der Waals surface area contributed by atoms with E-state index in [4.69, 9.17) is 4.74 Å². The molecule has 0 aromatic carbocycles. The Balaban J connectivity index is 2.54. The van der Waals surface area contributed by atoms with Crippen LogP contribution in [0, 0.1) is 0 Å². The van der Waals surface area contributed by atoms with Crippen LogP contribution in [-0.4, -0.2) is 49.3 Å². The molecule has 3 nitrogen and oxygen atoms in total. The van der Waals surface area contributed by atoms with Gasteiger partial charge < -0.3 is 15.0 Å². The minimum atomic E-state index is 0.000816. The van der Waals surface area contributed by atoms with Crippen molar-refractivity contribution in [1.82, 2.24) is 10.2 Å². The van der Waals surface area contributed by atoms with Gasteiger partial charge >= 0.3 is 0 Å². The van der Waals surface area contributed by atoms with E-state index in [1.54, 1.807) is 0 Å².